The maximum Gasteiger partial charge on any atom is 0.432 e. The number of hydrogen-bond donors (Lipinski definition) is 3. The minimum atomic E-state index is -5.97. The second-order valence-electron chi connectivity index (χ2n) is 7.75. The Labute approximate surface area is 201 Å². The Morgan fingerprint density at radius 2 is 1.28 bits per heavy atom. The summed E-state index contributed by atoms with van der Waals surface area (Å²) in [6.45, 7) is 1.38. The summed E-state index contributed by atoms with van der Waals surface area (Å²) in [5.41, 5.74) is -9.93. The van der Waals surface area contributed by atoms with Gasteiger partial charge in [0.25, 0.3) is 0 Å². The molecule has 0 amide bonds. The minimum Gasteiger partial charge on any atom is -0.493 e. The molecule has 36 heavy (non-hydrogen) atoms. The van der Waals surface area contributed by atoms with Crippen LogP contribution in [0.15, 0.2) is 18.2 Å². The van der Waals surface area contributed by atoms with Crippen molar-refractivity contribution in [1.82, 2.24) is 5.32 Å². The number of carbonyl (C=O) groups is 2. The SMILES string of the molecule is CCOC(=O)[C@@H]1C(c2ccc(OC)c(OC)c2)[C@H](C(=O)OCC)[C@](O)(C(F)(F)F)N[C@@]1(O)C(F)(F)F. The second kappa shape index (κ2) is 10.3. The van der Waals surface area contributed by atoms with Gasteiger partial charge < -0.3 is 29.2 Å². The van der Waals surface area contributed by atoms with Crippen molar-refractivity contribution in [3.8, 4) is 11.5 Å². The smallest absolute Gasteiger partial charge is 0.432 e. The normalized spacial score (nSPS) is 28.8. The highest BCUT2D eigenvalue weighted by molar-refractivity contribution is 5.81. The molecule has 15 heteroatoms. The number of aliphatic hydroxyl groups is 2. The number of carbonyl (C=O) groups excluding carboxylic acids is 2. The van der Waals surface area contributed by atoms with E-state index in [9.17, 15) is 46.1 Å². The summed E-state index contributed by atoms with van der Waals surface area (Å²) in [5, 5.41) is 22.0. The number of ether oxygens (including phenoxy) is 4. The molecule has 1 fully saturated rings. The van der Waals surface area contributed by atoms with Gasteiger partial charge in [0.05, 0.1) is 27.4 Å². The molecule has 3 N–H and O–H groups in total. The second-order valence-corrected chi connectivity index (χ2v) is 7.75. The third-order valence-corrected chi connectivity index (χ3v) is 5.74. The Morgan fingerprint density at radius 1 is 0.861 bits per heavy atom. The summed E-state index contributed by atoms with van der Waals surface area (Å²) in [5.74, 6) is -12.1. The molecule has 1 heterocycles. The maximum atomic E-state index is 14.2. The molecule has 1 unspecified atom stereocenters. The summed E-state index contributed by atoms with van der Waals surface area (Å²) in [6.07, 6.45) is -11.9. The zero-order chi connectivity index (χ0) is 27.7. The lowest BCUT2D eigenvalue weighted by Crippen LogP contribution is -2.81. The van der Waals surface area contributed by atoms with Crippen LogP contribution >= 0.6 is 0 Å². The number of nitrogens with one attached hydrogen (secondary N) is 1. The number of rotatable bonds is 7. The van der Waals surface area contributed by atoms with E-state index in [1.165, 1.54) is 21.0 Å². The van der Waals surface area contributed by atoms with E-state index < -0.39 is 72.3 Å². The van der Waals surface area contributed by atoms with Gasteiger partial charge >= 0.3 is 24.3 Å². The molecule has 1 saturated heterocycles. The molecule has 204 valence electrons. The molecule has 2 rings (SSSR count). The van der Waals surface area contributed by atoms with Crippen LogP contribution in [0.25, 0.3) is 0 Å². The molecule has 0 bridgehead atoms. The van der Waals surface area contributed by atoms with Crippen molar-refractivity contribution in [2.75, 3.05) is 27.4 Å². The van der Waals surface area contributed by atoms with Crippen molar-refractivity contribution in [1.29, 1.82) is 0 Å². The Kier molecular flexibility index (Phi) is 8.43. The van der Waals surface area contributed by atoms with Crippen LogP contribution in [0.3, 0.4) is 0 Å². The summed E-state index contributed by atoms with van der Waals surface area (Å²) in [4.78, 5) is 25.6. The van der Waals surface area contributed by atoms with Crippen LogP contribution in [0, 0.1) is 11.8 Å². The van der Waals surface area contributed by atoms with Gasteiger partial charge in [-0.05, 0) is 31.5 Å². The van der Waals surface area contributed by atoms with Crippen LogP contribution in [-0.4, -0.2) is 73.4 Å². The lowest BCUT2D eigenvalue weighted by molar-refractivity contribution is -0.376. The molecule has 1 aliphatic rings. The van der Waals surface area contributed by atoms with E-state index in [0.717, 1.165) is 30.6 Å². The molecule has 1 aliphatic heterocycles. The lowest BCUT2D eigenvalue weighted by Gasteiger charge is -2.54. The first-order valence-corrected chi connectivity index (χ1v) is 10.5. The number of benzene rings is 1. The number of esters is 2. The van der Waals surface area contributed by atoms with Gasteiger partial charge in [0.15, 0.2) is 11.5 Å². The topological polar surface area (TPSA) is 124 Å². The largest absolute Gasteiger partial charge is 0.493 e. The van der Waals surface area contributed by atoms with Crippen LogP contribution < -0.4 is 14.8 Å². The first-order chi connectivity index (χ1) is 16.5. The molecular weight excluding hydrogens is 508 g/mol. The van der Waals surface area contributed by atoms with Crippen LogP contribution in [0.1, 0.15) is 25.3 Å². The summed E-state index contributed by atoms with van der Waals surface area (Å²) in [6, 6.07) is 2.98. The molecule has 9 nitrogen and oxygen atoms in total. The molecule has 5 atom stereocenters. The summed E-state index contributed by atoms with van der Waals surface area (Å²) < 4.78 is 104. The highest BCUT2D eigenvalue weighted by Crippen LogP contribution is 2.56. The minimum absolute atomic E-state index is 0.00715. The van der Waals surface area contributed by atoms with E-state index >= 15 is 0 Å². The van der Waals surface area contributed by atoms with Crippen LogP contribution in [0.4, 0.5) is 26.3 Å². The third kappa shape index (κ3) is 4.91. The van der Waals surface area contributed by atoms with Gasteiger partial charge in [-0.15, -0.1) is 0 Å². The first-order valence-electron chi connectivity index (χ1n) is 10.5. The van der Waals surface area contributed by atoms with Crippen LogP contribution in [-0.2, 0) is 19.1 Å². The van der Waals surface area contributed by atoms with Gasteiger partial charge in [-0.1, -0.05) is 6.07 Å². The van der Waals surface area contributed by atoms with Crippen molar-refractivity contribution in [3.05, 3.63) is 23.8 Å². The average molecular weight is 533 g/mol. The zero-order valence-corrected chi connectivity index (χ0v) is 19.5. The van der Waals surface area contributed by atoms with Crippen molar-refractivity contribution in [3.63, 3.8) is 0 Å². The highest BCUT2D eigenvalue weighted by Gasteiger charge is 2.78. The number of alkyl halides is 6. The fraction of sp³-hybridized carbons (Fsp3) is 0.619. The Hall–Kier alpha value is -2.78. The van der Waals surface area contributed by atoms with Gasteiger partial charge in [-0.25, -0.2) is 5.32 Å². The van der Waals surface area contributed by atoms with Gasteiger partial charge in [0.1, 0.15) is 11.8 Å². The molecule has 0 radical (unpaired) electrons. The first kappa shape index (κ1) is 29.5. The lowest BCUT2D eigenvalue weighted by atomic mass is 9.64. The number of hydrogen-bond acceptors (Lipinski definition) is 9. The number of methoxy groups -OCH3 is 2. The van der Waals surface area contributed by atoms with E-state index in [2.05, 4.69) is 9.47 Å². The quantitative estimate of drug-likeness (QED) is 0.358. The Balaban J connectivity index is 3.03. The number of halogens is 6. The summed E-state index contributed by atoms with van der Waals surface area (Å²) >= 11 is 0. The van der Waals surface area contributed by atoms with Crippen molar-refractivity contribution in [2.24, 2.45) is 11.8 Å². The third-order valence-electron chi connectivity index (χ3n) is 5.74. The van der Waals surface area contributed by atoms with E-state index in [-0.39, 0.29) is 11.5 Å². The Bertz CT molecular complexity index is 923. The van der Waals surface area contributed by atoms with E-state index in [1.807, 2.05) is 0 Å². The highest BCUT2D eigenvalue weighted by atomic mass is 19.4. The van der Waals surface area contributed by atoms with Gasteiger partial charge in [0.2, 0.25) is 11.4 Å². The molecule has 0 saturated carbocycles. The van der Waals surface area contributed by atoms with Crippen molar-refractivity contribution in [2.45, 2.75) is 43.6 Å². The van der Waals surface area contributed by atoms with Crippen molar-refractivity contribution >= 4 is 11.9 Å². The average Bonchev–Trinajstić information content (AvgIpc) is 2.76. The molecule has 0 spiro atoms. The standard InChI is InChI=1S/C21H25F6NO8/c1-5-35-16(29)14-13(10-7-8-11(33-3)12(9-10)34-4)15(17(30)36-6-2)19(32,21(25,26)27)28-18(14,31)20(22,23)24/h7-9,13-15,28,31-32H,5-6H2,1-4H3/t13?,14-,15+,18-,19-/m0/s1. The van der Waals surface area contributed by atoms with Gasteiger partial charge in [-0.2, -0.15) is 26.3 Å². The van der Waals surface area contributed by atoms with Crippen LogP contribution in [0.5, 0.6) is 11.5 Å². The molecular formula is C21H25F6NO8. The van der Waals surface area contributed by atoms with Crippen molar-refractivity contribution < 1.29 is 65.1 Å². The van der Waals surface area contributed by atoms with E-state index in [1.54, 1.807) is 0 Å². The molecule has 1 aromatic carbocycles. The monoisotopic (exact) mass is 533 g/mol. The fourth-order valence-corrected chi connectivity index (χ4v) is 4.20. The van der Waals surface area contributed by atoms with Crippen LogP contribution in [0.2, 0.25) is 0 Å². The summed E-state index contributed by atoms with van der Waals surface area (Å²) in [7, 11) is 2.32. The van der Waals surface area contributed by atoms with E-state index in [0.29, 0.717) is 0 Å². The van der Waals surface area contributed by atoms with Gasteiger partial charge in [-0.3, -0.25) is 9.59 Å². The molecule has 1 aromatic rings. The predicted octanol–water partition coefficient (Wildman–Crippen LogP) is 2.25. The van der Waals surface area contributed by atoms with E-state index in [4.69, 9.17) is 9.47 Å². The molecule has 0 aliphatic carbocycles. The number of piperidine rings is 1. The fourth-order valence-electron chi connectivity index (χ4n) is 4.20. The van der Waals surface area contributed by atoms with Gasteiger partial charge in [0, 0.05) is 5.92 Å². The maximum absolute atomic E-state index is 14.2. The molecule has 0 aromatic heterocycles. The Morgan fingerprint density at radius 3 is 1.61 bits per heavy atom. The predicted molar refractivity (Wildman–Crippen MR) is 108 cm³/mol. The zero-order valence-electron chi connectivity index (χ0n) is 19.5.